The molecule has 2 aromatic rings. The molecule has 0 bridgehead atoms. The first kappa shape index (κ1) is 12.9. The predicted octanol–water partition coefficient (Wildman–Crippen LogP) is 2.72. The van der Waals surface area contributed by atoms with Gasteiger partial charge in [-0.05, 0) is 24.2 Å². The summed E-state index contributed by atoms with van der Waals surface area (Å²) in [7, 11) is 2.04. The zero-order chi connectivity index (χ0) is 14.2. The summed E-state index contributed by atoms with van der Waals surface area (Å²) in [5.74, 6) is 1.02. The number of rotatable bonds is 2. The summed E-state index contributed by atoms with van der Waals surface area (Å²) in [6.45, 7) is 2.78. The van der Waals surface area contributed by atoms with Crippen LogP contribution in [0.5, 0.6) is 5.75 Å². The van der Waals surface area contributed by atoms with Crippen LogP contribution < -0.4 is 10.1 Å². The highest BCUT2D eigenvalue weighted by Crippen LogP contribution is 2.36. The van der Waals surface area contributed by atoms with Crippen molar-refractivity contribution in [1.29, 1.82) is 0 Å². The average Bonchev–Trinajstić information content (AvgIpc) is 2.97. The molecule has 2 aliphatic heterocycles. The number of fused-ring (bicyclic) bond motifs is 2. The van der Waals surface area contributed by atoms with E-state index in [1.54, 1.807) is 0 Å². The Balaban J connectivity index is 1.63. The Hall–Kier alpha value is -1.84. The Labute approximate surface area is 125 Å². The van der Waals surface area contributed by atoms with Gasteiger partial charge in [0.2, 0.25) is 0 Å². The molecule has 108 valence electrons. The fraction of sp³-hybridized carbons (Fsp3) is 0.333. The van der Waals surface area contributed by atoms with Gasteiger partial charge in [-0.25, -0.2) is 0 Å². The van der Waals surface area contributed by atoms with E-state index in [4.69, 9.17) is 4.74 Å². The van der Waals surface area contributed by atoms with Crippen molar-refractivity contribution in [3.05, 3.63) is 65.2 Å². The van der Waals surface area contributed by atoms with Crippen LogP contribution in [0.25, 0.3) is 0 Å². The van der Waals surface area contributed by atoms with E-state index >= 15 is 0 Å². The number of para-hydroxylation sites is 1. The monoisotopic (exact) mass is 280 g/mol. The summed E-state index contributed by atoms with van der Waals surface area (Å²) in [6, 6.07) is 17.8. The lowest BCUT2D eigenvalue weighted by Gasteiger charge is -2.38. The number of hydrogen-bond donors (Lipinski definition) is 1. The maximum atomic E-state index is 6.00. The number of hydrogen-bond acceptors (Lipinski definition) is 3. The second-order valence-electron chi connectivity index (χ2n) is 5.86. The van der Waals surface area contributed by atoms with Gasteiger partial charge in [0, 0.05) is 18.7 Å². The molecule has 2 aliphatic rings. The third kappa shape index (κ3) is 2.13. The molecular weight excluding hydrogens is 260 g/mol. The fourth-order valence-corrected chi connectivity index (χ4v) is 3.61. The first-order valence-electron chi connectivity index (χ1n) is 7.56. The van der Waals surface area contributed by atoms with Crippen molar-refractivity contribution in [2.24, 2.45) is 0 Å². The minimum Gasteiger partial charge on any atom is -0.492 e. The third-order valence-corrected chi connectivity index (χ3v) is 4.69. The molecule has 0 radical (unpaired) electrons. The molecule has 0 aliphatic carbocycles. The van der Waals surface area contributed by atoms with Gasteiger partial charge in [-0.1, -0.05) is 42.5 Å². The molecule has 0 saturated carbocycles. The third-order valence-electron chi connectivity index (χ3n) is 4.69. The number of nitrogens with one attached hydrogen (secondary N) is 1. The van der Waals surface area contributed by atoms with E-state index in [2.05, 4.69) is 52.7 Å². The molecule has 2 aromatic carbocycles. The summed E-state index contributed by atoms with van der Waals surface area (Å²) in [4.78, 5) is 2.53. The summed E-state index contributed by atoms with van der Waals surface area (Å²) in [5.41, 5.74) is 4.17. The fourth-order valence-electron chi connectivity index (χ4n) is 3.61. The van der Waals surface area contributed by atoms with Crippen molar-refractivity contribution in [1.82, 2.24) is 10.2 Å². The zero-order valence-corrected chi connectivity index (χ0v) is 12.3. The molecule has 3 heteroatoms. The number of nitrogens with zero attached hydrogens (tertiary/aromatic N) is 1. The molecule has 0 spiro atoms. The van der Waals surface area contributed by atoms with Crippen LogP contribution in [0, 0.1) is 0 Å². The van der Waals surface area contributed by atoms with E-state index in [0.29, 0.717) is 12.1 Å². The minimum absolute atomic E-state index is 0.323. The second kappa shape index (κ2) is 5.17. The van der Waals surface area contributed by atoms with Gasteiger partial charge in [0.05, 0.1) is 12.1 Å². The molecule has 3 nitrogen and oxygen atoms in total. The SMILES string of the molecule is CNC1c2ccccc2OCC1N1Cc2ccccc2C1. The van der Waals surface area contributed by atoms with Gasteiger partial charge >= 0.3 is 0 Å². The van der Waals surface area contributed by atoms with E-state index in [1.807, 2.05) is 13.1 Å². The van der Waals surface area contributed by atoms with E-state index in [0.717, 1.165) is 25.4 Å². The van der Waals surface area contributed by atoms with E-state index < -0.39 is 0 Å². The van der Waals surface area contributed by atoms with Crippen molar-refractivity contribution in [3.63, 3.8) is 0 Å². The van der Waals surface area contributed by atoms with Gasteiger partial charge in [-0.3, -0.25) is 4.90 Å². The molecule has 0 saturated heterocycles. The van der Waals surface area contributed by atoms with Gasteiger partial charge in [0.1, 0.15) is 12.4 Å². The molecule has 4 rings (SSSR count). The highest BCUT2D eigenvalue weighted by Gasteiger charge is 2.36. The Bertz CT molecular complexity index is 630. The van der Waals surface area contributed by atoms with Crippen LogP contribution in [0.1, 0.15) is 22.7 Å². The molecule has 1 N–H and O–H groups in total. The molecule has 2 atom stereocenters. The van der Waals surface area contributed by atoms with E-state index in [1.165, 1.54) is 16.7 Å². The van der Waals surface area contributed by atoms with Crippen LogP contribution in [0.15, 0.2) is 48.5 Å². The highest BCUT2D eigenvalue weighted by atomic mass is 16.5. The first-order valence-corrected chi connectivity index (χ1v) is 7.56. The lowest BCUT2D eigenvalue weighted by Crippen LogP contribution is -2.47. The van der Waals surface area contributed by atoms with Gasteiger partial charge in [-0.15, -0.1) is 0 Å². The molecule has 2 heterocycles. The van der Waals surface area contributed by atoms with Gasteiger partial charge < -0.3 is 10.1 Å². The minimum atomic E-state index is 0.323. The van der Waals surface area contributed by atoms with Crippen LogP contribution in [0.2, 0.25) is 0 Å². The largest absolute Gasteiger partial charge is 0.492 e. The number of ether oxygens (including phenoxy) is 1. The van der Waals surface area contributed by atoms with Gasteiger partial charge in [0.15, 0.2) is 0 Å². The van der Waals surface area contributed by atoms with Crippen molar-refractivity contribution < 1.29 is 4.74 Å². The molecule has 21 heavy (non-hydrogen) atoms. The Kier molecular flexibility index (Phi) is 3.17. The van der Waals surface area contributed by atoms with Crippen LogP contribution in [-0.2, 0) is 13.1 Å². The van der Waals surface area contributed by atoms with E-state index in [9.17, 15) is 0 Å². The van der Waals surface area contributed by atoms with Crippen LogP contribution in [0.4, 0.5) is 0 Å². The van der Waals surface area contributed by atoms with Crippen LogP contribution in [0.3, 0.4) is 0 Å². The number of likely N-dealkylation sites (N-methyl/N-ethyl adjacent to an activating group) is 1. The topological polar surface area (TPSA) is 24.5 Å². The zero-order valence-electron chi connectivity index (χ0n) is 12.3. The van der Waals surface area contributed by atoms with Crippen molar-refractivity contribution >= 4 is 0 Å². The maximum Gasteiger partial charge on any atom is 0.124 e. The molecule has 0 fully saturated rings. The van der Waals surface area contributed by atoms with Gasteiger partial charge in [0.25, 0.3) is 0 Å². The number of benzene rings is 2. The van der Waals surface area contributed by atoms with Crippen LogP contribution in [-0.4, -0.2) is 24.6 Å². The first-order chi connectivity index (χ1) is 10.4. The average molecular weight is 280 g/mol. The summed E-state index contributed by atoms with van der Waals surface area (Å²) in [6.07, 6.45) is 0. The Morgan fingerprint density at radius 2 is 1.67 bits per heavy atom. The van der Waals surface area contributed by atoms with Crippen LogP contribution >= 0.6 is 0 Å². The highest BCUT2D eigenvalue weighted by molar-refractivity contribution is 5.39. The molecular formula is C18H20N2O. The molecule has 0 aromatic heterocycles. The summed E-state index contributed by atoms with van der Waals surface area (Å²) in [5, 5.41) is 3.49. The molecule has 2 unspecified atom stereocenters. The van der Waals surface area contributed by atoms with Gasteiger partial charge in [-0.2, -0.15) is 0 Å². The Morgan fingerprint density at radius 3 is 2.38 bits per heavy atom. The van der Waals surface area contributed by atoms with Crippen molar-refractivity contribution in [2.45, 2.75) is 25.2 Å². The normalized spacial score (nSPS) is 24.2. The Morgan fingerprint density at radius 1 is 1.00 bits per heavy atom. The van der Waals surface area contributed by atoms with Crippen molar-refractivity contribution in [3.8, 4) is 5.75 Å². The molecule has 0 amide bonds. The lowest BCUT2D eigenvalue weighted by atomic mass is 9.95. The quantitative estimate of drug-likeness (QED) is 0.915. The second-order valence-corrected chi connectivity index (χ2v) is 5.86. The standard InChI is InChI=1S/C18H20N2O/c1-19-18-15-8-4-5-9-17(15)21-12-16(18)20-10-13-6-2-3-7-14(13)11-20/h2-9,16,18-19H,10-12H2,1H3. The van der Waals surface area contributed by atoms with E-state index in [-0.39, 0.29) is 0 Å². The van der Waals surface area contributed by atoms with Crippen molar-refractivity contribution in [2.75, 3.05) is 13.7 Å². The predicted molar refractivity (Wildman–Crippen MR) is 83.2 cm³/mol. The smallest absolute Gasteiger partial charge is 0.124 e. The summed E-state index contributed by atoms with van der Waals surface area (Å²) >= 11 is 0. The maximum absolute atomic E-state index is 6.00. The lowest BCUT2D eigenvalue weighted by molar-refractivity contribution is 0.0862. The summed E-state index contributed by atoms with van der Waals surface area (Å²) < 4.78 is 6.00.